The number of aromatic nitrogens is 2. The first kappa shape index (κ1) is 19.1. The van der Waals surface area contributed by atoms with Crippen LogP contribution in [0.2, 0.25) is 5.02 Å². The van der Waals surface area contributed by atoms with E-state index in [1.165, 1.54) is 30.2 Å². The molecule has 3 rings (SSSR count). The molecule has 1 aromatic heterocycles. The number of H-pyrrole nitrogens is 1. The van der Waals surface area contributed by atoms with E-state index in [0.717, 1.165) is 4.91 Å². The minimum Gasteiger partial charge on any atom is -0.507 e. The highest BCUT2D eigenvalue weighted by Gasteiger charge is 2.20. The SMILES string of the molecule is C/C1=C\NC(C)/C(C(=O)Nc2cn[nH]c2-c2cc(Cl)ccc2O)=C/N=CS1. The molecule has 0 fully saturated rings. The van der Waals surface area contributed by atoms with E-state index in [1.54, 1.807) is 17.7 Å². The molecule has 0 saturated carbocycles. The Morgan fingerprint density at radius 3 is 3.04 bits per heavy atom. The molecule has 0 bridgehead atoms. The monoisotopic (exact) mass is 403 g/mol. The Labute approximate surface area is 165 Å². The normalized spacial score (nSPS) is 20.9. The molecule has 2 aromatic rings. The highest BCUT2D eigenvalue weighted by atomic mass is 35.5. The number of nitrogens with one attached hydrogen (secondary N) is 3. The summed E-state index contributed by atoms with van der Waals surface area (Å²) in [5.41, 5.74) is 3.46. The third kappa shape index (κ3) is 4.53. The van der Waals surface area contributed by atoms with Crippen molar-refractivity contribution in [2.45, 2.75) is 19.9 Å². The van der Waals surface area contributed by atoms with Crippen molar-refractivity contribution < 1.29 is 9.90 Å². The standard InChI is InChI=1S/C18H18ClN5O2S/c1-10-6-21-11(2)14(7-20-9-27-10)18(26)23-15-8-22-24-17(15)13-5-12(19)3-4-16(13)25/h3-9,11,21,25H,1-2H3,(H,22,24)(H,23,26)/b10-6+,14-7-,20-9?. The number of phenols is 1. The molecule has 1 amide bonds. The van der Waals surface area contributed by atoms with Crippen molar-refractivity contribution in [3.05, 3.63) is 52.3 Å². The van der Waals surface area contributed by atoms with Gasteiger partial charge in [-0.2, -0.15) is 5.10 Å². The summed E-state index contributed by atoms with van der Waals surface area (Å²) in [4.78, 5) is 18.0. The van der Waals surface area contributed by atoms with E-state index in [-0.39, 0.29) is 17.7 Å². The Hall–Kier alpha value is -2.71. The van der Waals surface area contributed by atoms with E-state index < -0.39 is 0 Å². The van der Waals surface area contributed by atoms with Crippen LogP contribution in [0.3, 0.4) is 0 Å². The van der Waals surface area contributed by atoms with Gasteiger partial charge in [-0.1, -0.05) is 23.4 Å². The van der Waals surface area contributed by atoms with Gasteiger partial charge in [0.15, 0.2) is 0 Å². The van der Waals surface area contributed by atoms with Crippen LogP contribution in [-0.2, 0) is 4.79 Å². The number of halogens is 1. The molecule has 4 N–H and O–H groups in total. The molecule has 0 radical (unpaired) electrons. The lowest BCUT2D eigenvalue weighted by Gasteiger charge is -2.16. The van der Waals surface area contributed by atoms with E-state index in [0.29, 0.717) is 27.5 Å². The Kier molecular flexibility index (Phi) is 5.88. The molecule has 0 aliphatic carbocycles. The van der Waals surface area contributed by atoms with Gasteiger partial charge >= 0.3 is 0 Å². The second kappa shape index (κ2) is 8.32. The average molecular weight is 404 g/mol. The first-order valence-corrected chi connectivity index (χ1v) is 9.36. The summed E-state index contributed by atoms with van der Waals surface area (Å²) >= 11 is 7.48. The van der Waals surface area contributed by atoms with Crippen molar-refractivity contribution in [1.82, 2.24) is 15.5 Å². The molecule has 1 atom stereocenters. The van der Waals surface area contributed by atoms with Crippen molar-refractivity contribution in [2.75, 3.05) is 5.32 Å². The van der Waals surface area contributed by atoms with Crippen LogP contribution in [-0.4, -0.2) is 32.8 Å². The zero-order valence-corrected chi connectivity index (χ0v) is 16.2. The molecule has 2 heterocycles. The van der Waals surface area contributed by atoms with Crippen LogP contribution in [0.15, 0.2) is 52.3 Å². The summed E-state index contributed by atoms with van der Waals surface area (Å²) in [6.07, 6.45) is 4.86. The van der Waals surface area contributed by atoms with E-state index in [9.17, 15) is 9.90 Å². The lowest BCUT2D eigenvalue weighted by molar-refractivity contribution is -0.113. The van der Waals surface area contributed by atoms with E-state index >= 15 is 0 Å². The Morgan fingerprint density at radius 2 is 2.22 bits per heavy atom. The number of rotatable bonds is 3. The summed E-state index contributed by atoms with van der Waals surface area (Å²) < 4.78 is 0. The summed E-state index contributed by atoms with van der Waals surface area (Å²) in [5, 5.41) is 23.3. The van der Waals surface area contributed by atoms with Crippen LogP contribution in [0.4, 0.5) is 5.69 Å². The summed E-state index contributed by atoms with van der Waals surface area (Å²) in [7, 11) is 0. The molecular formula is C18H18ClN5O2S. The number of thioether (sulfide) groups is 1. The second-order valence-electron chi connectivity index (χ2n) is 5.87. The van der Waals surface area contributed by atoms with Crippen molar-refractivity contribution >= 4 is 40.5 Å². The van der Waals surface area contributed by atoms with Gasteiger partial charge < -0.3 is 15.7 Å². The van der Waals surface area contributed by atoms with Gasteiger partial charge in [0.25, 0.3) is 5.91 Å². The molecule has 0 saturated heterocycles. The number of aromatic hydroxyl groups is 1. The number of hydrogen-bond acceptors (Lipinski definition) is 6. The number of allylic oxidation sites excluding steroid dienone is 1. The third-order valence-corrected chi connectivity index (χ3v) is 4.85. The smallest absolute Gasteiger partial charge is 0.255 e. The van der Waals surface area contributed by atoms with Crippen LogP contribution in [0, 0.1) is 0 Å². The number of carbonyl (C=O) groups excluding carboxylic acids is 1. The number of amides is 1. The van der Waals surface area contributed by atoms with Gasteiger partial charge in [-0.15, -0.1) is 0 Å². The number of phenolic OH excluding ortho intramolecular Hbond substituents is 1. The first-order chi connectivity index (χ1) is 13.0. The quantitative estimate of drug-likeness (QED) is 0.623. The Balaban J connectivity index is 1.87. The lowest BCUT2D eigenvalue weighted by atomic mass is 10.1. The van der Waals surface area contributed by atoms with Gasteiger partial charge in [-0.25, -0.2) is 0 Å². The molecule has 27 heavy (non-hydrogen) atoms. The first-order valence-electron chi connectivity index (χ1n) is 8.10. The number of aromatic amines is 1. The van der Waals surface area contributed by atoms with E-state index in [1.807, 2.05) is 20.0 Å². The average Bonchev–Trinajstić information content (AvgIpc) is 3.11. The predicted octanol–water partition coefficient (Wildman–Crippen LogP) is 3.87. The number of carbonyl (C=O) groups is 1. The van der Waals surface area contributed by atoms with Gasteiger partial charge in [0, 0.05) is 27.9 Å². The Bertz CT molecular complexity index is 951. The van der Waals surface area contributed by atoms with Crippen LogP contribution >= 0.6 is 23.4 Å². The highest BCUT2D eigenvalue weighted by Crippen LogP contribution is 2.34. The number of nitrogens with zero attached hydrogens (tertiary/aromatic N) is 2. The fraction of sp³-hybridized carbons (Fsp3) is 0.167. The summed E-state index contributed by atoms with van der Waals surface area (Å²) in [6.45, 7) is 3.83. The minimum atomic E-state index is -0.325. The van der Waals surface area contributed by atoms with Crippen molar-refractivity contribution in [1.29, 1.82) is 0 Å². The molecule has 1 unspecified atom stereocenters. The number of aliphatic imine (C=N–C) groups is 1. The van der Waals surface area contributed by atoms with Crippen LogP contribution < -0.4 is 10.6 Å². The number of hydrogen-bond donors (Lipinski definition) is 4. The molecule has 1 aliphatic rings. The summed E-state index contributed by atoms with van der Waals surface area (Å²) in [6, 6.07) is 4.41. The number of benzene rings is 1. The largest absolute Gasteiger partial charge is 0.507 e. The third-order valence-electron chi connectivity index (χ3n) is 3.89. The molecular weight excluding hydrogens is 386 g/mol. The fourth-order valence-corrected chi connectivity index (χ4v) is 3.04. The molecule has 140 valence electrons. The van der Waals surface area contributed by atoms with Crippen molar-refractivity contribution in [3.8, 4) is 17.0 Å². The highest BCUT2D eigenvalue weighted by molar-refractivity contribution is 8.15. The lowest BCUT2D eigenvalue weighted by Crippen LogP contribution is -2.30. The molecule has 1 aromatic carbocycles. The van der Waals surface area contributed by atoms with Gasteiger partial charge in [0.05, 0.1) is 34.7 Å². The van der Waals surface area contributed by atoms with E-state index in [4.69, 9.17) is 11.6 Å². The Morgan fingerprint density at radius 1 is 1.41 bits per heavy atom. The predicted molar refractivity (Wildman–Crippen MR) is 110 cm³/mol. The zero-order valence-electron chi connectivity index (χ0n) is 14.7. The van der Waals surface area contributed by atoms with Crippen molar-refractivity contribution in [2.24, 2.45) is 4.99 Å². The maximum absolute atomic E-state index is 12.8. The fourth-order valence-electron chi connectivity index (χ4n) is 2.45. The number of anilines is 1. The zero-order chi connectivity index (χ0) is 19.4. The van der Waals surface area contributed by atoms with Crippen LogP contribution in [0.1, 0.15) is 13.8 Å². The topological polar surface area (TPSA) is 102 Å². The van der Waals surface area contributed by atoms with Crippen molar-refractivity contribution in [3.63, 3.8) is 0 Å². The minimum absolute atomic E-state index is 0.0260. The molecule has 1 aliphatic heterocycles. The molecule has 7 nitrogen and oxygen atoms in total. The summed E-state index contributed by atoms with van der Waals surface area (Å²) in [5.74, 6) is -0.299. The van der Waals surface area contributed by atoms with Crippen LogP contribution in [0.5, 0.6) is 5.75 Å². The van der Waals surface area contributed by atoms with Gasteiger partial charge in [-0.3, -0.25) is 14.9 Å². The van der Waals surface area contributed by atoms with Gasteiger partial charge in [0.2, 0.25) is 0 Å². The van der Waals surface area contributed by atoms with Crippen LogP contribution in [0.25, 0.3) is 11.3 Å². The molecule has 9 heteroatoms. The van der Waals surface area contributed by atoms with Gasteiger partial charge in [-0.05, 0) is 32.0 Å². The maximum Gasteiger partial charge on any atom is 0.255 e. The second-order valence-corrected chi connectivity index (χ2v) is 7.40. The molecule has 0 spiro atoms. The maximum atomic E-state index is 12.8. The van der Waals surface area contributed by atoms with Gasteiger partial charge in [0.1, 0.15) is 5.75 Å². The van der Waals surface area contributed by atoms with E-state index in [2.05, 4.69) is 25.8 Å².